The first-order chi connectivity index (χ1) is 14.2. The molecule has 2 aliphatic heterocycles. The Hall–Kier alpha value is -3.55. The number of rotatable bonds is 4. The van der Waals surface area contributed by atoms with Gasteiger partial charge in [-0.25, -0.2) is 4.98 Å². The van der Waals surface area contributed by atoms with Gasteiger partial charge in [-0.3, -0.25) is 19.1 Å². The molecule has 0 bridgehead atoms. The van der Waals surface area contributed by atoms with Crippen LogP contribution in [0.2, 0.25) is 0 Å². The maximum atomic E-state index is 13.1. The van der Waals surface area contributed by atoms with Crippen molar-refractivity contribution in [2.75, 3.05) is 17.0 Å². The number of nitrogens with one attached hydrogen (secondary N) is 1. The van der Waals surface area contributed by atoms with Crippen molar-refractivity contribution in [3.63, 3.8) is 0 Å². The van der Waals surface area contributed by atoms with E-state index in [0.717, 1.165) is 23.9 Å². The molecular formula is C21H18N4O4. The number of nitrogens with zero attached hydrogens (tertiary/aromatic N) is 3. The molecule has 0 unspecified atom stereocenters. The van der Waals surface area contributed by atoms with E-state index in [1.807, 2.05) is 28.8 Å². The predicted molar refractivity (Wildman–Crippen MR) is 105 cm³/mol. The summed E-state index contributed by atoms with van der Waals surface area (Å²) in [5.41, 5.74) is 2.32. The highest BCUT2D eigenvalue weighted by Crippen LogP contribution is 2.42. The molecule has 3 aliphatic rings. The Kier molecular flexibility index (Phi) is 3.38. The quantitative estimate of drug-likeness (QED) is 0.740. The first-order valence-corrected chi connectivity index (χ1v) is 9.68. The van der Waals surface area contributed by atoms with Crippen molar-refractivity contribution in [1.82, 2.24) is 9.55 Å². The second kappa shape index (κ2) is 5.97. The van der Waals surface area contributed by atoms with E-state index in [0.29, 0.717) is 23.1 Å². The third kappa shape index (κ3) is 2.55. The van der Waals surface area contributed by atoms with Gasteiger partial charge in [-0.1, -0.05) is 12.1 Å². The zero-order chi connectivity index (χ0) is 19.5. The van der Waals surface area contributed by atoms with E-state index in [-0.39, 0.29) is 31.1 Å². The van der Waals surface area contributed by atoms with Crippen LogP contribution in [0.25, 0.3) is 11.0 Å². The molecule has 1 N–H and O–H groups in total. The van der Waals surface area contributed by atoms with Crippen molar-refractivity contribution in [2.45, 2.75) is 31.3 Å². The summed E-state index contributed by atoms with van der Waals surface area (Å²) in [6, 6.07) is 12.6. The third-order valence-corrected chi connectivity index (χ3v) is 5.57. The molecule has 0 radical (unpaired) electrons. The lowest BCUT2D eigenvalue weighted by atomic mass is 10.1. The minimum atomic E-state index is -0.591. The topological polar surface area (TPSA) is 85.7 Å². The van der Waals surface area contributed by atoms with Crippen LogP contribution in [0, 0.1) is 0 Å². The molecule has 2 amide bonds. The Morgan fingerprint density at radius 1 is 1.14 bits per heavy atom. The van der Waals surface area contributed by atoms with Crippen LogP contribution < -0.4 is 19.7 Å². The Labute approximate surface area is 166 Å². The number of aromatic nitrogens is 2. The Bertz CT molecular complexity index is 1170. The number of hydrogen-bond acceptors (Lipinski definition) is 5. The molecule has 1 atom stereocenters. The van der Waals surface area contributed by atoms with Crippen molar-refractivity contribution in [1.29, 1.82) is 0 Å². The smallest absolute Gasteiger partial charge is 0.253 e. The van der Waals surface area contributed by atoms with Crippen molar-refractivity contribution in [2.24, 2.45) is 0 Å². The SMILES string of the molecule is O=C(C[C@@H]1C(=O)N(C2CC2)c2nc3ccccc3n21)Nc1ccc2c(c1)OCO2. The van der Waals surface area contributed by atoms with E-state index < -0.39 is 6.04 Å². The lowest BCUT2D eigenvalue weighted by Crippen LogP contribution is -2.33. The van der Waals surface area contributed by atoms with Crippen LogP contribution in [-0.4, -0.2) is 34.2 Å². The number of hydrogen-bond donors (Lipinski definition) is 1. The molecule has 1 fully saturated rings. The molecule has 2 aromatic carbocycles. The molecule has 8 heteroatoms. The molecular weight excluding hydrogens is 372 g/mol. The number of para-hydroxylation sites is 2. The van der Waals surface area contributed by atoms with Crippen molar-refractivity contribution >= 4 is 34.5 Å². The molecule has 1 aromatic heterocycles. The van der Waals surface area contributed by atoms with Gasteiger partial charge in [0, 0.05) is 17.8 Å². The van der Waals surface area contributed by atoms with Gasteiger partial charge in [0.25, 0.3) is 5.91 Å². The number of ether oxygens (including phenoxy) is 2. The van der Waals surface area contributed by atoms with Crippen molar-refractivity contribution in [3.05, 3.63) is 42.5 Å². The van der Waals surface area contributed by atoms with Crippen LogP contribution in [0.15, 0.2) is 42.5 Å². The second-order valence-electron chi connectivity index (χ2n) is 7.55. The summed E-state index contributed by atoms with van der Waals surface area (Å²) < 4.78 is 12.6. The van der Waals surface area contributed by atoms with Gasteiger partial charge in [0.15, 0.2) is 11.5 Å². The fourth-order valence-corrected chi connectivity index (χ4v) is 4.10. The largest absolute Gasteiger partial charge is 0.454 e. The monoisotopic (exact) mass is 390 g/mol. The Morgan fingerprint density at radius 2 is 1.97 bits per heavy atom. The minimum Gasteiger partial charge on any atom is -0.454 e. The molecule has 146 valence electrons. The molecule has 8 nitrogen and oxygen atoms in total. The number of imidazole rings is 1. The van der Waals surface area contributed by atoms with E-state index in [4.69, 9.17) is 9.47 Å². The van der Waals surface area contributed by atoms with E-state index in [2.05, 4.69) is 10.3 Å². The molecule has 29 heavy (non-hydrogen) atoms. The number of fused-ring (bicyclic) bond motifs is 4. The molecule has 0 spiro atoms. The fourth-order valence-electron chi connectivity index (χ4n) is 4.10. The Balaban J connectivity index is 1.30. The maximum absolute atomic E-state index is 13.1. The standard InChI is InChI=1S/C21H18N4O4/c26-19(22-12-5-8-17-18(9-12)29-11-28-17)10-16-20(27)24(13-6-7-13)21-23-14-3-1-2-4-15(14)25(16)21/h1-5,8-9,13,16H,6-7,10-11H2,(H,22,26)/t16-/m1/s1. The van der Waals surface area contributed by atoms with E-state index in [1.54, 1.807) is 23.1 Å². The van der Waals surface area contributed by atoms with Gasteiger partial charge in [-0.2, -0.15) is 0 Å². The van der Waals surface area contributed by atoms with Gasteiger partial charge < -0.3 is 14.8 Å². The van der Waals surface area contributed by atoms with Crippen LogP contribution >= 0.6 is 0 Å². The molecule has 6 rings (SSSR count). The highest BCUT2D eigenvalue weighted by atomic mass is 16.7. The number of carbonyl (C=O) groups is 2. The van der Waals surface area contributed by atoms with Crippen molar-refractivity contribution < 1.29 is 19.1 Å². The zero-order valence-electron chi connectivity index (χ0n) is 15.5. The number of amides is 2. The van der Waals surface area contributed by atoms with Gasteiger partial charge in [0.1, 0.15) is 6.04 Å². The van der Waals surface area contributed by atoms with Crippen LogP contribution in [0.1, 0.15) is 25.3 Å². The summed E-state index contributed by atoms with van der Waals surface area (Å²) in [6.07, 6.45) is 2.00. The molecule has 3 heterocycles. The zero-order valence-corrected chi connectivity index (χ0v) is 15.5. The Morgan fingerprint density at radius 3 is 2.83 bits per heavy atom. The maximum Gasteiger partial charge on any atom is 0.253 e. The highest BCUT2D eigenvalue weighted by molar-refractivity contribution is 6.05. The first kappa shape index (κ1) is 16.4. The molecule has 1 saturated carbocycles. The average molecular weight is 390 g/mol. The van der Waals surface area contributed by atoms with Gasteiger partial charge in [-0.15, -0.1) is 0 Å². The summed E-state index contributed by atoms with van der Waals surface area (Å²) in [7, 11) is 0. The lowest BCUT2D eigenvalue weighted by molar-refractivity contribution is -0.124. The lowest BCUT2D eigenvalue weighted by Gasteiger charge is -2.15. The summed E-state index contributed by atoms with van der Waals surface area (Å²) in [5, 5.41) is 2.87. The normalized spacial score (nSPS) is 19.7. The molecule has 1 aliphatic carbocycles. The van der Waals surface area contributed by atoms with Crippen LogP contribution in [0.4, 0.5) is 11.6 Å². The van der Waals surface area contributed by atoms with Crippen molar-refractivity contribution in [3.8, 4) is 11.5 Å². The van der Waals surface area contributed by atoms with Gasteiger partial charge >= 0.3 is 0 Å². The predicted octanol–water partition coefficient (Wildman–Crippen LogP) is 2.84. The van der Waals surface area contributed by atoms with Crippen LogP contribution in [0.5, 0.6) is 11.5 Å². The van der Waals surface area contributed by atoms with E-state index >= 15 is 0 Å². The number of benzene rings is 2. The summed E-state index contributed by atoms with van der Waals surface area (Å²) >= 11 is 0. The van der Waals surface area contributed by atoms with Crippen LogP contribution in [0.3, 0.4) is 0 Å². The van der Waals surface area contributed by atoms with E-state index in [9.17, 15) is 9.59 Å². The van der Waals surface area contributed by atoms with Crippen LogP contribution in [-0.2, 0) is 9.59 Å². The molecule has 3 aromatic rings. The summed E-state index contributed by atoms with van der Waals surface area (Å²) in [4.78, 5) is 32.4. The number of anilines is 2. The van der Waals surface area contributed by atoms with E-state index in [1.165, 1.54) is 0 Å². The molecule has 0 saturated heterocycles. The van der Waals surface area contributed by atoms with Gasteiger partial charge in [0.05, 0.1) is 17.5 Å². The van der Waals surface area contributed by atoms with Gasteiger partial charge in [0.2, 0.25) is 18.6 Å². The minimum absolute atomic E-state index is 0.0455. The second-order valence-corrected chi connectivity index (χ2v) is 7.55. The highest BCUT2D eigenvalue weighted by Gasteiger charge is 2.47. The third-order valence-electron chi connectivity index (χ3n) is 5.57. The summed E-state index contributed by atoms with van der Waals surface area (Å²) in [5.74, 6) is 1.62. The average Bonchev–Trinajstić information content (AvgIpc) is 3.22. The first-order valence-electron chi connectivity index (χ1n) is 9.68. The fraction of sp³-hybridized carbons (Fsp3) is 0.286. The number of carbonyl (C=O) groups excluding carboxylic acids is 2. The summed E-state index contributed by atoms with van der Waals surface area (Å²) in [6.45, 7) is 0.177. The van der Waals surface area contributed by atoms with Gasteiger partial charge in [-0.05, 0) is 37.1 Å².